The number of rotatable bonds is 2. The van der Waals surface area contributed by atoms with Gasteiger partial charge in [-0.3, -0.25) is 9.78 Å². The SMILES string of the molecule is Cn1cc(-c2ccnc3[nH]ncc23)c(-c2ccc(F)cc2)n1. The number of nitrogens with zero attached hydrogens (tertiary/aromatic N) is 4. The van der Waals surface area contributed by atoms with E-state index in [1.165, 1.54) is 12.1 Å². The molecule has 0 aliphatic carbocycles. The van der Waals surface area contributed by atoms with Crippen molar-refractivity contribution in [3.8, 4) is 22.4 Å². The molecular weight excluding hydrogens is 281 g/mol. The molecule has 0 fully saturated rings. The van der Waals surface area contributed by atoms with E-state index in [1.54, 1.807) is 29.2 Å². The van der Waals surface area contributed by atoms with Crippen molar-refractivity contribution in [1.29, 1.82) is 0 Å². The number of nitrogens with one attached hydrogen (secondary N) is 1. The largest absolute Gasteiger partial charge is 0.275 e. The molecule has 5 nitrogen and oxygen atoms in total. The van der Waals surface area contributed by atoms with E-state index in [0.717, 1.165) is 33.4 Å². The Bertz CT molecular complexity index is 952. The van der Waals surface area contributed by atoms with Crippen molar-refractivity contribution in [2.24, 2.45) is 7.05 Å². The molecule has 0 unspecified atom stereocenters. The van der Waals surface area contributed by atoms with Crippen molar-refractivity contribution in [3.05, 3.63) is 54.7 Å². The summed E-state index contributed by atoms with van der Waals surface area (Å²) < 4.78 is 14.9. The van der Waals surface area contributed by atoms with E-state index in [1.807, 2.05) is 19.3 Å². The lowest BCUT2D eigenvalue weighted by atomic mass is 10.0. The summed E-state index contributed by atoms with van der Waals surface area (Å²) >= 11 is 0. The Balaban J connectivity index is 1.96. The highest BCUT2D eigenvalue weighted by Crippen LogP contribution is 2.34. The van der Waals surface area contributed by atoms with E-state index in [0.29, 0.717) is 0 Å². The number of hydrogen-bond donors (Lipinski definition) is 1. The van der Waals surface area contributed by atoms with E-state index < -0.39 is 0 Å². The number of pyridine rings is 1. The Morgan fingerprint density at radius 3 is 2.73 bits per heavy atom. The molecular formula is C16H12FN5. The molecule has 22 heavy (non-hydrogen) atoms. The van der Waals surface area contributed by atoms with Crippen LogP contribution in [0.3, 0.4) is 0 Å². The highest BCUT2D eigenvalue weighted by molar-refractivity contribution is 5.96. The first-order chi connectivity index (χ1) is 10.7. The number of benzene rings is 1. The van der Waals surface area contributed by atoms with Gasteiger partial charge in [0.2, 0.25) is 0 Å². The van der Waals surface area contributed by atoms with Crippen LogP contribution in [0.2, 0.25) is 0 Å². The fourth-order valence-corrected chi connectivity index (χ4v) is 2.59. The van der Waals surface area contributed by atoms with Crippen molar-refractivity contribution < 1.29 is 4.39 Å². The van der Waals surface area contributed by atoms with E-state index >= 15 is 0 Å². The molecule has 1 aromatic carbocycles. The van der Waals surface area contributed by atoms with Crippen LogP contribution in [0.1, 0.15) is 0 Å². The Kier molecular flexibility index (Phi) is 2.75. The topological polar surface area (TPSA) is 59.4 Å². The Morgan fingerprint density at radius 2 is 1.91 bits per heavy atom. The van der Waals surface area contributed by atoms with Gasteiger partial charge in [-0.05, 0) is 35.9 Å². The van der Waals surface area contributed by atoms with Crippen LogP contribution in [0.25, 0.3) is 33.4 Å². The number of aryl methyl sites for hydroxylation is 1. The van der Waals surface area contributed by atoms with Crippen LogP contribution >= 0.6 is 0 Å². The van der Waals surface area contributed by atoms with Gasteiger partial charge in [-0.15, -0.1) is 0 Å². The smallest absolute Gasteiger partial charge is 0.155 e. The second-order valence-electron chi connectivity index (χ2n) is 5.06. The van der Waals surface area contributed by atoms with Crippen molar-refractivity contribution >= 4 is 11.0 Å². The van der Waals surface area contributed by atoms with E-state index in [4.69, 9.17) is 0 Å². The van der Waals surface area contributed by atoms with Crippen molar-refractivity contribution in [2.45, 2.75) is 0 Å². The van der Waals surface area contributed by atoms with Crippen LogP contribution in [0.4, 0.5) is 4.39 Å². The molecule has 0 saturated heterocycles. The summed E-state index contributed by atoms with van der Waals surface area (Å²) in [4.78, 5) is 4.25. The third kappa shape index (κ3) is 1.96. The van der Waals surface area contributed by atoms with Crippen molar-refractivity contribution in [3.63, 3.8) is 0 Å². The standard InChI is InChI=1S/C16H12FN5/c1-22-9-14(12-6-7-18-16-13(12)8-19-20-16)15(21-22)10-2-4-11(17)5-3-10/h2-9H,1H3,(H,18,19,20). The minimum absolute atomic E-state index is 0.262. The third-order valence-electron chi connectivity index (χ3n) is 3.59. The predicted octanol–water partition coefficient (Wildman–Crippen LogP) is 3.16. The maximum Gasteiger partial charge on any atom is 0.155 e. The van der Waals surface area contributed by atoms with Gasteiger partial charge in [0.15, 0.2) is 5.65 Å². The summed E-state index contributed by atoms with van der Waals surface area (Å²) in [6, 6.07) is 8.27. The molecule has 4 aromatic rings. The number of H-pyrrole nitrogens is 1. The van der Waals surface area contributed by atoms with Crippen LogP contribution in [0, 0.1) is 5.82 Å². The Morgan fingerprint density at radius 1 is 1.09 bits per heavy atom. The van der Waals surface area contributed by atoms with Crippen molar-refractivity contribution in [1.82, 2.24) is 25.0 Å². The molecule has 0 saturated carbocycles. The van der Waals surface area contributed by atoms with Crippen molar-refractivity contribution in [2.75, 3.05) is 0 Å². The molecule has 3 aromatic heterocycles. The minimum Gasteiger partial charge on any atom is -0.275 e. The van der Waals surface area contributed by atoms with Gasteiger partial charge in [0.25, 0.3) is 0 Å². The number of aromatic amines is 1. The van der Waals surface area contributed by atoms with Gasteiger partial charge in [0, 0.05) is 36.0 Å². The number of hydrogen-bond acceptors (Lipinski definition) is 3. The van der Waals surface area contributed by atoms with Crippen LogP contribution < -0.4 is 0 Å². The van der Waals surface area contributed by atoms with Gasteiger partial charge in [-0.2, -0.15) is 10.2 Å². The highest BCUT2D eigenvalue weighted by Gasteiger charge is 2.15. The summed E-state index contributed by atoms with van der Waals surface area (Å²) in [5.74, 6) is -0.262. The fourth-order valence-electron chi connectivity index (χ4n) is 2.59. The van der Waals surface area contributed by atoms with E-state index in [9.17, 15) is 4.39 Å². The molecule has 0 spiro atoms. The lowest BCUT2D eigenvalue weighted by Crippen LogP contribution is -1.88. The van der Waals surface area contributed by atoms with Crippen LogP contribution in [-0.2, 0) is 7.05 Å². The first-order valence-electron chi connectivity index (χ1n) is 6.80. The molecule has 4 rings (SSSR count). The average Bonchev–Trinajstić information content (AvgIpc) is 3.14. The van der Waals surface area contributed by atoms with Gasteiger partial charge >= 0.3 is 0 Å². The monoisotopic (exact) mass is 293 g/mol. The average molecular weight is 293 g/mol. The van der Waals surface area contributed by atoms with E-state index in [-0.39, 0.29) is 5.82 Å². The number of fused-ring (bicyclic) bond motifs is 1. The molecule has 0 aliphatic heterocycles. The summed E-state index contributed by atoms with van der Waals surface area (Å²) in [5, 5.41) is 12.4. The fraction of sp³-hybridized carbons (Fsp3) is 0.0625. The summed E-state index contributed by atoms with van der Waals surface area (Å²) in [6.07, 6.45) is 5.43. The van der Waals surface area contributed by atoms with Crippen LogP contribution in [-0.4, -0.2) is 25.0 Å². The second kappa shape index (κ2) is 4.77. The van der Waals surface area contributed by atoms with Gasteiger partial charge in [-0.1, -0.05) is 0 Å². The summed E-state index contributed by atoms with van der Waals surface area (Å²) in [5.41, 5.74) is 4.35. The van der Waals surface area contributed by atoms with Gasteiger partial charge in [0.1, 0.15) is 11.5 Å². The normalized spacial score (nSPS) is 11.2. The van der Waals surface area contributed by atoms with Gasteiger partial charge in [-0.25, -0.2) is 9.37 Å². The Labute approximate surface area is 125 Å². The quantitative estimate of drug-likeness (QED) is 0.617. The summed E-state index contributed by atoms with van der Waals surface area (Å²) in [7, 11) is 1.87. The summed E-state index contributed by atoms with van der Waals surface area (Å²) in [6.45, 7) is 0. The van der Waals surface area contributed by atoms with E-state index in [2.05, 4.69) is 20.3 Å². The third-order valence-corrected chi connectivity index (χ3v) is 3.59. The molecule has 0 bridgehead atoms. The number of aromatic nitrogens is 5. The predicted molar refractivity (Wildman–Crippen MR) is 81.5 cm³/mol. The molecule has 0 aliphatic rings. The first-order valence-corrected chi connectivity index (χ1v) is 6.80. The lowest BCUT2D eigenvalue weighted by molar-refractivity contribution is 0.628. The first kappa shape index (κ1) is 12.7. The zero-order valence-corrected chi connectivity index (χ0v) is 11.8. The zero-order valence-electron chi connectivity index (χ0n) is 11.8. The van der Waals surface area contributed by atoms with Crippen LogP contribution in [0.15, 0.2) is 48.9 Å². The second-order valence-corrected chi connectivity index (χ2v) is 5.06. The molecule has 3 heterocycles. The number of halogens is 1. The maximum atomic E-state index is 13.2. The van der Waals surface area contributed by atoms with Gasteiger partial charge < -0.3 is 0 Å². The zero-order chi connectivity index (χ0) is 15.1. The molecule has 6 heteroatoms. The molecule has 0 atom stereocenters. The molecule has 108 valence electrons. The lowest BCUT2D eigenvalue weighted by Gasteiger charge is -2.04. The molecule has 0 amide bonds. The minimum atomic E-state index is -0.262. The molecule has 0 radical (unpaired) electrons. The Hall–Kier alpha value is -3.02. The highest BCUT2D eigenvalue weighted by atomic mass is 19.1. The maximum absolute atomic E-state index is 13.2. The van der Waals surface area contributed by atoms with Gasteiger partial charge in [0.05, 0.1) is 6.20 Å². The molecule has 1 N–H and O–H groups in total. The van der Waals surface area contributed by atoms with Crippen LogP contribution in [0.5, 0.6) is 0 Å².